The van der Waals surface area contributed by atoms with Crippen LogP contribution in [0.25, 0.3) is 0 Å². The van der Waals surface area contributed by atoms with Gasteiger partial charge in [0.25, 0.3) is 0 Å². The summed E-state index contributed by atoms with van der Waals surface area (Å²) in [5, 5.41) is 6.80. The number of nitrogens with zero attached hydrogens (tertiary/aromatic N) is 3. The summed E-state index contributed by atoms with van der Waals surface area (Å²) in [6.45, 7) is 9.72. The summed E-state index contributed by atoms with van der Waals surface area (Å²) in [5.41, 5.74) is 1.42. The predicted octanol–water partition coefficient (Wildman–Crippen LogP) is 2.55. The molecule has 1 unspecified atom stereocenters. The van der Waals surface area contributed by atoms with Crippen molar-refractivity contribution in [3.05, 3.63) is 35.9 Å². The van der Waals surface area contributed by atoms with Gasteiger partial charge in [0, 0.05) is 59.5 Å². The van der Waals surface area contributed by atoms with E-state index in [1.807, 2.05) is 7.05 Å². The maximum atomic E-state index is 5.64. The number of aliphatic imine (C=N–C) groups is 1. The molecule has 2 aliphatic heterocycles. The molecule has 29 heavy (non-hydrogen) atoms. The van der Waals surface area contributed by atoms with Crippen LogP contribution in [-0.2, 0) is 11.3 Å². The number of halogens is 1. The zero-order valence-electron chi connectivity index (χ0n) is 17.8. The number of piperazine rings is 1. The maximum Gasteiger partial charge on any atom is 0.191 e. The van der Waals surface area contributed by atoms with Gasteiger partial charge in [-0.1, -0.05) is 30.3 Å². The van der Waals surface area contributed by atoms with Crippen molar-refractivity contribution < 1.29 is 4.74 Å². The summed E-state index contributed by atoms with van der Waals surface area (Å²) >= 11 is 0. The molecule has 1 atom stereocenters. The first-order valence-corrected chi connectivity index (χ1v) is 10.9. The Kier molecular flexibility index (Phi) is 11.9. The zero-order chi connectivity index (χ0) is 19.4. The lowest BCUT2D eigenvalue weighted by molar-refractivity contribution is 0.114. The second-order valence-electron chi connectivity index (χ2n) is 7.83. The number of guanidine groups is 1. The third kappa shape index (κ3) is 9.19. The van der Waals surface area contributed by atoms with E-state index in [4.69, 9.17) is 4.74 Å². The van der Waals surface area contributed by atoms with E-state index in [0.717, 1.165) is 38.6 Å². The highest BCUT2D eigenvalue weighted by Crippen LogP contribution is 2.10. The van der Waals surface area contributed by atoms with E-state index in [2.05, 4.69) is 55.8 Å². The lowest BCUT2D eigenvalue weighted by Gasteiger charge is -2.34. The molecule has 0 aromatic heterocycles. The Balaban J connectivity index is 0.00000300. The number of benzene rings is 1. The molecule has 0 aliphatic carbocycles. The van der Waals surface area contributed by atoms with Crippen LogP contribution in [0.1, 0.15) is 31.2 Å². The molecule has 0 bridgehead atoms. The third-order valence-electron chi connectivity index (χ3n) is 5.65. The van der Waals surface area contributed by atoms with Gasteiger partial charge in [-0.3, -0.25) is 9.89 Å². The maximum absolute atomic E-state index is 5.64. The highest BCUT2D eigenvalue weighted by atomic mass is 127. The topological polar surface area (TPSA) is 52.1 Å². The average Bonchev–Trinajstić information content (AvgIpc) is 3.26. The van der Waals surface area contributed by atoms with Crippen LogP contribution in [0.3, 0.4) is 0 Å². The number of unbranched alkanes of at least 4 members (excludes halogenated alkanes) is 1. The number of rotatable bonds is 9. The normalized spacial score (nSPS) is 21.0. The average molecular weight is 515 g/mol. The standard InChI is InChI=1S/C22H37N5O.HI/c1-23-22(25-18-21-10-7-17-28-21)24-11-5-6-12-26-13-15-27(16-14-26)19-20-8-3-2-4-9-20;/h2-4,8-9,21H,5-7,10-19H2,1H3,(H2,23,24,25);1H. The smallest absolute Gasteiger partial charge is 0.191 e. The predicted molar refractivity (Wildman–Crippen MR) is 131 cm³/mol. The molecule has 1 aromatic rings. The molecule has 2 saturated heterocycles. The number of hydrogen-bond donors (Lipinski definition) is 2. The Labute approximate surface area is 193 Å². The minimum absolute atomic E-state index is 0. The fourth-order valence-corrected chi connectivity index (χ4v) is 3.92. The Morgan fingerprint density at radius 3 is 2.52 bits per heavy atom. The molecule has 0 amide bonds. The molecule has 2 heterocycles. The van der Waals surface area contributed by atoms with Gasteiger partial charge in [0.2, 0.25) is 0 Å². The Hall–Kier alpha value is -0.900. The van der Waals surface area contributed by atoms with Crippen molar-refractivity contribution in [2.24, 2.45) is 4.99 Å². The van der Waals surface area contributed by atoms with Crippen LogP contribution in [-0.4, -0.2) is 81.3 Å². The summed E-state index contributed by atoms with van der Waals surface area (Å²) in [6, 6.07) is 10.8. The molecule has 164 valence electrons. The third-order valence-corrected chi connectivity index (χ3v) is 5.65. The summed E-state index contributed by atoms with van der Waals surface area (Å²) in [5.74, 6) is 0.894. The van der Waals surface area contributed by atoms with Gasteiger partial charge in [-0.05, 0) is 37.8 Å². The van der Waals surface area contributed by atoms with Gasteiger partial charge in [0.1, 0.15) is 0 Å². The lowest BCUT2D eigenvalue weighted by atomic mass is 10.2. The van der Waals surface area contributed by atoms with Gasteiger partial charge < -0.3 is 20.3 Å². The molecule has 0 saturated carbocycles. The summed E-state index contributed by atoms with van der Waals surface area (Å²) < 4.78 is 5.64. The second-order valence-corrected chi connectivity index (χ2v) is 7.83. The lowest BCUT2D eigenvalue weighted by Crippen LogP contribution is -2.46. The highest BCUT2D eigenvalue weighted by molar-refractivity contribution is 14.0. The molecule has 7 heteroatoms. The summed E-state index contributed by atoms with van der Waals surface area (Å²) in [6.07, 6.45) is 5.08. The van der Waals surface area contributed by atoms with E-state index in [9.17, 15) is 0 Å². The van der Waals surface area contributed by atoms with Crippen molar-refractivity contribution in [3.8, 4) is 0 Å². The fourth-order valence-electron chi connectivity index (χ4n) is 3.92. The van der Waals surface area contributed by atoms with Gasteiger partial charge in [-0.15, -0.1) is 24.0 Å². The zero-order valence-corrected chi connectivity index (χ0v) is 20.1. The summed E-state index contributed by atoms with van der Waals surface area (Å²) in [7, 11) is 1.83. The van der Waals surface area contributed by atoms with Crippen molar-refractivity contribution in [1.82, 2.24) is 20.4 Å². The van der Waals surface area contributed by atoms with Gasteiger partial charge in [0.05, 0.1) is 6.10 Å². The van der Waals surface area contributed by atoms with E-state index < -0.39 is 0 Å². The van der Waals surface area contributed by atoms with Gasteiger partial charge in [-0.2, -0.15) is 0 Å². The number of ether oxygens (including phenoxy) is 1. The van der Waals surface area contributed by atoms with E-state index in [1.165, 1.54) is 57.5 Å². The van der Waals surface area contributed by atoms with Gasteiger partial charge in [0.15, 0.2) is 5.96 Å². The van der Waals surface area contributed by atoms with E-state index in [-0.39, 0.29) is 24.0 Å². The molecule has 0 spiro atoms. The molecule has 6 nitrogen and oxygen atoms in total. The van der Waals surface area contributed by atoms with Crippen LogP contribution >= 0.6 is 24.0 Å². The van der Waals surface area contributed by atoms with Gasteiger partial charge in [-0.25, -0.2) is 0 Å². The van der Waals surface area contributed by atoms with Crippen LogP contribution < -0.4 is 10.6 Å². The van der Waals surface area contributed by atoms with Crippen LogP contribution in [0.2, 0.25) is 0 Å². The van der Waals surface area contributed by atoms with Gasteiger partial charge >= 0.3 is 0 Å². The fraction of sp³-hybridized carbons (Fsp3) is 0.682. The molecule has 2 fully saturated rings. The molecule has 0 radical (unpaired) electrons. The van der Waals surface area contributed by atoms with Crippen LogP contribution in [0.5, 0.6) is 0 Å². The summed E-state index contributed by atoms with van der Waals surface area (Å²) in [4.78, 5) is 9.47. The Morgan fingerprint density at radius 2 is 1.83 bits per heavy atom. The van der Waals surface area contributed by atoms with Crippen molar-refractivity contribution in [2.45, 2.75) is 38.3 Å². The first-order valence-electron chi connectivity index (χ1n) is 10.9. The van der Waals surface area contributed by atoms with Crippen molar-refractivity contribution >= 4 is 29.9 Å². The molecular formula is C22H38IN5O. The van der Waals surface area contributed by atoms with E-state index >= 15 is 0 Å². The van der Waals surface area contributed by atoms with Crippen LogP contribution in [0.15, 0.2) is 35.3 Å². The molecule has 1 aromatic carbocycles. The number of nitrogens with one attached hydrogen (secondary N) is 2. The molecule has 2 aliphatic rings. The van der Waals surface area contributed by atoms with Crippen molar-refractivity contribution in [1.29, 1.82) is 0 Å². The quantitative estimate of drug-likeness (QED) is 0.229. The first kappa shape index (κ1) is 24.4. The highest BCUT2D eigenvalue weighted by Gasteiger charge is 2.17. The van der Waals surface area contributed by atoms with Crippen molar-refractivity contribution in [2.75, 3.05) is 59.5 Å². The van der Waals surface area contributed by atoms with Crippen LogP contribution in [0.4, 0.5) is 0 Å². The molecule has 3 rings (SSSR count). The minimum Gasteiger partial charge on any atom is -0.376 e. The van der Waals surface area contributed by atoms with Crippen LogP contribution in [0, 0.1) is 0 Å². The Morgan fingerprint density at radius 1 is 1.07 bits per heavy atom. The molecular weight excluding hydrogens is 477 g/mol. The number of hydrogen-bond acceptors (Lipinski definition) is 4. The largest absolute Gasteiger partial charge is 0.376 e. The first-order chi connectivity index (χ1) is 13.8. The minimum atomic E-state index is 0. The SMILES string of the molecule is CN=C(NCCCCN1CCN(Cc2ccccc2)CC1)NCC1CCCO1.I. The molecule has 2 N–H and O–H groups in total. The Bertz CT molecular complexity index is 572. The van der Waals surface area contributed by atoms with E-state index in [0.29, 0.717) is 6.10 Å². The monoisotopic (exact) mass is 515 g/mol. The second kappa shape index (κ2) is 14.2. The van der Waals surface area contributed by atoms with Crippen molar-refractivity contribution in [3.63, 3.8) is 0 Å². The van der Waals surface area contributed by atoms with E-state index in [1.54, 1.807) is 0 Å².